The first-order valence-electron chi connectivity index (χ1n) is 6.62. The van der Waals surface area contributed by atoms with E-state index in [0.717, 1.165) is 12.1 Å². The van der Waals surface area contributed by atoms with Crippen LogP contribution >= 0.6 is 27.7 Å². The summed E-state index contributed by atoms with van der Waals surface area (Å²) in [4.78, 5) is 12.0. The van der Waals surface area contributed by atoms with Gasteiger partial charge in [0.15, 0.2) is 10.5 Å². The van der Waals surface area contributed by atoms with Crippen LogP contribution in [-0.2, 0) is 6.18 Å². The normalized spacial score (nSPS) is 13.6. The average molecular weight is 395 g/mol. The van der Waals surface area contributed by atoms with E-state index >= 15 is 0 Å². The lowest BCUT2D eigenvalue weighted by Gasteiger charge is -2.14. The minimum atomic E-state index is -4.51. The molecule has 0 unspecified atom stereocenters. The van der Waals surface area contributed by atoms with Crippen LogP contribution in [0, 0.1) is 6.92 Å². The lowest BCUT2D eigenvalue weighted by molar-refractivity contribution is -0.137. The maximum Gasteiger partial charge on any atom is 0.416 e. The van der Waals surface area contributed by atoms with Gasteiger partial charge in [-0.15, -0.1) is 0 Å². The van der Waals surface area contributed by atoms with Crippen molar-refractivity contribution in [2.75, 3.05) is 5.75 Å². The van der Waals surface area contributed by atoms with Gasteiger partial charge in [0, 0.05) is 16.0 Å². The van der Waals surface area contributed by atoms with Crippen molar-refractivity contribution in [1.82, 2.24) is 0 Å². The number of halogens is 4. The third kappa shape index (κ3) is 3.20. The third-order valence-corrected chi connectivity index (χ3v) is 4.67. The van der Waals surface area contributed by atoms with Crippen molar-refractivity contribution in [3.05, 3.63) is 39.0 Å². The van der Waals surface area contributed by atoms with E-state index in [1.807, 2.05) is 6.92 Å². The van der Waals surface area contributed by atoms with Crippen LogP contribution in [0.5, 0.6) is 0 Å². The molecule has 0 bridgehead atoms. The lowest BCUT2D eigenvalue weighted by Crippen LogP contribution is -2.12. The van der Waals surface area contributed by atoms with Crippen molar-refractivity contribution in [1.29, 1.82) is 0 Å². The van der Waals surface area contributed by atoms with Crippen LogP contribution in [0.25, 0.3) is 11.0 Å². The Kier molecular flexibility index (Phi) is 4.96. The SMILES string of the molecule is CCSc1oc2c([C@@H](C)Br)cc(C(F)(F)F)cc2c(=O)c1C. The van der Waals surface area contributed by atoms with E-state index in [0.29, 0.717) is 22.0 Å². The molecule has 2 rings (SSSR count). The zero-order valence-corrected chi connectivity index (χ0v) is 14.6. The Morgan fingerprint density at radius 2 is 2.00 bits per heavy atom. The van der Waals surface area contributed by atoms with E-state index < -0.39 is 17.2 Å². The van der Waals surface area contributed by atoms with Gasteiger partial charge < -0.3 is 4.42 Å². The first kappa shape index (κ1) is 17.4. The molecular weight excluding hydrogens is 381 g/mol. The fourth-order valence-electron chi connectivity index (χ4n) is 2.13. The molecule has 0 aliphatic heterocycles. The molecule has 0 saturated carbocycles. The molecule has 0 aliphatic rings. The monoisotopic (exact) mass is 394 g/mol. The molecule has 0 spiro atoms. The zero-order valence-electron chi connectivity index (χ0n) is 12.2. The van der Waals surface area contributed by atoms with Crippen LogP contribution in [0.1, 0.15) is 35.4 Å². The Hall–Kier alpha value is -0.950. The van der Waals surface area contributed by atoms with Crippen molar-refractivity contribution < 1.29 is 17.6 Å². The minimum absolute atomic E-state index is 0.0333. The number of alkyl halides is 4. The number of thioether (sulfide) groups is 1. The van der Waals surface area contributed by atoms with Gasteiger partial charge in [-0.3, -0.25) is 4.79 Å². The smallest absolute Gasteiger partial charge is 0.416 e. The standard InChI is InChI=1S/C15H14BrF3O2S/c1-4-22-14-7(2)12(20)11-6-9(15(17,18)19)5-10(8(3)16)13(11)21-14/h5-6,8H,4H2,1-3H3/t8-/m1/s1. The fourth-order valence-corrected chi connectivity index (χ4v) is 3.18. The Morgan fingerprint density at radius 1 is 1.36 bits per heavy atom. The van der Waals surface area contributed by atoms with Crippen molar-refractivity contribution in [2.45, 2.75) is 36.9 Å². The number of benzene rings is 1. The molecule has 1 atom stereocenters. The zero-order chi connectivity index (χ0) is 16.7. The number of fused-ring (bicyclic) bond motifs is 1. The summed E-state index contributed by atoms with van der Waals surface area (Å²) in [6.45, 7) is 5.18. The summed E-state index contributed by atoms with van der Waals surface area (Å²) in [6, 6.07) is 1.90. The van der Waals surface area contributed by atoms with Crippen LogP contribution in [0.15, 0.2) is 26.4 Å². The van der Waals surface area contributed by atoms with Gasteiger partial charge in [0.2, 0.25) is 0 Å². The number of hydrogen-bond donors (Lipinski definition) is 0. The summed E-state index contributed by atoms with van der Waals surface area (Å²) < 4.78 is 44.9. The molecule has 2 nitrogen and oxygen atoms in total. The molecular formula is C15H14BrF3O2S. The largest absolute Gasteiger partial charge is 0.449 e. The first-order chi connectivity index (χ1) is 10.2. The summed E-state index contributed by atoms with van der Waals surface area (Å²) >= 11 is 4.63. The predicted molar refractivity (Wildman–Crippen MR) is 86.0 cm³/mol. The quantitative estimate of drug-likeness (QED) is 0.494. The third-order valence-electron chi connectivity index (χ3n) is 3.24. The van der Waals surface area contributed by atoms with Gasteiger partial charge in [0.05, 0.1) is 10.9 Å². The van der Waals surface area contributed by atoms with Gasteiger partial charge in [-0.1, -0.05) is 34.6 Å². The molecule has 0 N–H and O–H groups in total. The summed E-state index contributed by atoms with van der Waals surface area (Å²) in [7, 11) is 0. The fraction of sp³-hybridized carbons (Fsp3) is 0.400. The molecule has 120 valence electrons. The highest BCUT2D eigenvalue weighted by Crippen LogP contribution is 2.38. The van der Waals surface area contributed by atoms with Crippen molar-refractivity contribution >= 4 is 38.7 Å². The van der Waals surface area contributed by atoms with Gasteiger partial charge >= 0.3 is 6.18 Å². The molecule has 7 heteroatoms. The summed E-state index contributed by atoms with van der Waals surface area (Å²) in [5.74, 6) is 0.703. The molecule has 0 fully saturated rings. The highest BCUT2D eigenvalue weighted by molar-refractivity contribution is 9.09. The number of hydrogen-bond acceptors (Lipinski definition) is 3. The van der Waals surface area contributed by atoms with Crippen molar-refractivity contribution in [2.24, 2.45) is 0 Å². The van der Waals surface area contributed by atoms with Gasteiger partial charge in [0.25, 0.3) is 0 Å². The second-order valence-electron chi connectivity index (χ2n) is 4.83. The molecule has 0 saturated heterocycles. The Labute approximate surface area is 138 Å². The first-order valence-corrected chi connectivity index (χ1v) is 8.52. The maximum atomic E-state index is 13.0. The second-order valence-corrected chi connectivity index (χ2v) is 7.44. The van der Waals surface area contributed by atoms with Crippen LogP contribution in [0.4, 0.5) is 13.2 Å². The van der Waals surface area contributed by atoms with E-state index in [1.54, 1.807) is 13.8 Å². The second kappa shape index (κ2) is 6.28. The molecule has 1 aromatic carbocycles. The van der Waals surface area contributed by atoms with Crippen molar-refractivity contribution in [3.63, 3.8) is 0 Å². The molecule has 0 aliphatic carbocycles. The average Bonchev–Trinajstić information content (AvgIpc) is 2.42. The van der Waals surface area contributed by atoms with Crippen LogP contribution in [0.2, 0.25) is 0 Å². The molecule has 2 aromatic rings. The van der Waals surface area contributed by atoms with Crippen LogP contribution < -0.4 is 5.43 Å². The molecule has 1 heterocycles. The van der Waals surface area contributed by atoms with E-state index in [4.69, 9.17) is 4.42 Å². The molecule has 1 aromatic heterocycles. The number of rotatable bonds is 3. The van der Waals surface area contributed by atoms with Crippen molar-refractivity contribution in [3.8, 4) is 0 Å². The highest BCUT2D eigenvalue weighted by atomic mass is 79.9. The van der Waals surface area contributed by atoms with Gasteiger partial charge in [0.1, 0.15) is 5.58 Å². The predicted octanol–water partition coefficient (Wildman–Crippen LogP) is 5.69. The van der Waals surface area contributed by atoms with E-state index in [1.165, 1.54) is 11.8 Å². The lowest BCUT2D eigenvalue weighted by atomic mass is 10.0. The van der Waals surface area contributed by atoms with Gasteiger partial charge in [-0.25, -0.2) is 0 Å². The minimum Gasteiger partial charge on any atom is -0.449 e. The molecule has 0 amide bonds. The van der Waals surface area contributed by atoms with Crippen LogP contribution in [0.3, 0.4) is 0 Å². The summed E-state index contributed by atoms with van der Waals surface area (Å²) in [5, 5.41) is 0.420. The Balaban J connectivity index is 2.91. The Morgan fingerprint density at radius 3 is 2.50 bits per heavy atom. The topological polar surface area (TPSA) is 30.2 Å². The highest BCUT2D eigenvalue weighted by Gasteiger charge is 2.32. The van der Waals surface area contributed by atoms with E-state index in [2.05, 4.69) is 15.9 Å². The summed E-state index contributed by atoms with van der Waals surface area (Å²) in [5.41, 5.74) is -0.391. The van der Waals surface area contributed by atoms with Gasteiger partial charge in [-0.05, 0) is 31.7 Å². The van der Waals surface area contributed by atoms with E-state index in [9.17, 15) is 18.0 Å². The van der Waals surface area contributed by atoms with Gasteiger partial charge in [-0.2, -0.15) is 13.2 Å². The van der Waals surface area contributed by atoms with Crippen LogP contribution in [-0.4, -0.2) is 5.75 Å². The summed E-state index contributed by atoms with van der Waals surface area (Å²) in [6.07, 6.45) is -4.51. The maximum absolute atomic E-state index is 13.0. The Bertz CT molecular complexity index is 766. The van der Waals surface area contributed by atoms with E-state index in [-0.39, 0.29) is 15.8 Å². The molecule has 22 heavy (non-hydrogen) atoms. The molecule has 0 radical (unpaired) electrons.